The summed E-state index contributed by atoms with van der Waals surface area (Å²) in [6.45, 7) is 4.09. The minimum absolute atomic E-state index is 0.311. The van der Waals surface area contributed by atoms with Crippen molar-refractivity contribution in [3.05, 3.63) is 35.2 Å². The molecule has 0 saturated carbocycles. The molecular formula is C13H14ClN3O. The van der Waals surface area contributed by atoms with E-state index in [1.54, 1.807) is 0 Å². The summed E-state index contributed by atoms with van der Waals surface area (Å²) in [6.07, 6.45) is 0. The van der Waals surface area contributed by atoms with Crippen LogP contribution >= 0.6 is 11.6 Å². The number of aromatic nitrogens is 2. The van der Waals surface area contributed by atoms with Crippen molar-refractivity contribution >= 4 is 11.6 Å². The molecule has 18 heavy (non-hydrogen) atoms. The monoisotopic (exact) mass is 263 g/mol. The molecular weight excluding hydrogens is 250 g/mol. The Morgan fingerprint density at radius 2 is 2.28 bits per heavy atom. The highest BCUT2D eigenvalue weighted by Crippen LogP contribution is 2.28. The predicted octanol–water partition coefficient (Wildman–Crippen LogP) is 2.71. The van der Waals surface area contributed by atoms with E-state index in [-0.39, 0.29) is 0 Å². The van der Waals surface area contributed by atoms with E-state index in [1.165, 1.54) is 0 Å². The summed E-state index contributed by atoms with van der Waals surface area (Å²) in [5, 5.41) is 8.04. The molecule has 94 valence electrons. The number of nitrogens with one attached hydrogen (secondary N) is 1. The second kappa shape index (κ2) is 4.71. The van der Waals surface area contributed by atoms with Gasteiger partial charge >= 0.3 is 0 Å². The van der Waals surface area contributed by atoms with E-state index >= 15 is 0 Å². The van der Waals surface area contributed by atoms with Crippen molar-refractivity contribution in [3.8, 4) is 11.4 Å². The maximum absolute atomic E-state index is 5.96. The van der Waals surface area contributed by atoms with Gasteiger partial charge in [-0.3, -0.25) is 0 Å². The normalized spacial score (nSPS) is 23.4. The first-order valence-electron chi connectivity index (χ1n) is 6.04. The van der Waals surface area contributed by atoms with Crippen LogP contribution in [0.4, 0.5) is 0 Å². The van der Waals surface area contributed by atoms with E-state index in [2.05, 4.69) is 22.4 Å². The molecule has 5 heteroatoms. The standard InChI is InChI=1S/C13H14ClN3O/c1-8-6-15-7-11(8)13-16-12(17-18-13)9-3-2-4-10(14)5-9/h2-5,8,11,15H,6-7H2,1H3/t8-,11-/m1/s1. The van der Waals surface area contributed by atoms with Gasteiger partial charge in [-0.2, -0.15) is 4.98 Å². The van der Waals surface area contributed by atoms with Gasteiger partial charge in [0.05, 0.1) is 5.92 Å². The van der Waals surface area contributed by atoms with Crippen molar-refractivity contribution in [2.45, 2.75) is 12.8 Å². The molecule has 2 heterocycles. The molecule has 0 unspecified atom stereocenters. The molecule has 0 bridgehead atoms. The quantitative estimate of drug-likeness (QED) is 0.905. The highest BCUT2D eigenvalue weighted by Gasteiger charge is 2.29. The summed E-state index contributed by atoms with van der Waals surface area (Å²) < 4.78 is 5.37. The Hall–Kier alpha value is -1.39. The van der Waals surface area contributed by atoms with Crippen molar-refractivity contribution in [1.82, 2.24) is 15.5 Å². The first-order chi connectivity index (χ1) is 8.74. The molecule has 3 rings (SSSR count). The zero-order chi connectivity index (χ0) is 12.5. The fourth-order valence-corrected chi connectivity index (χ4v) is 2.46. The fraction of sp³-hybridized carbons (Fsp3) is 0.385. The number of benzene rings is 1. The SMILES string of the molecule is C[C@@H]1CNC[C@H]1c1nc(-c2cccc(Cl)c2)no1. The van der Waals surface area contributed by atoms with Crippen molar-refractivity contribution in [1.29, 1.82) is 0 Å². The Bertz CT molecular complexity index is 555. The zero-order valence-electron chi connectivity index (χ0n) is 10.1. The van der Waals surface area contributed by atoms with Crippen molar-refractivity contribution < 1.29 is 4.52 Å². The molecule has 4 nitrogen and oxygen atoms in total. The van der Waals surface area contributed by atoms with Gasteiger partial charge < -0.3 is 9.84 Å². The van der Waals surface area contributed by atoms with E-state index in [9.17, 15) is 0 Å². The fourth-order valence-electron chi connectivity index (χ4n) is 2.27. The van der Waals surface area contributed by atoms with E-state index in [4.69, 9.17) is 16.1 Å². The summed E-state index contributed by atoms with van der Waals surface area (Å²) in [5.41, 5.74) is 0.885. The van der Waals surface area contributed by atoms with Crippen LogP contribution in [0.3, 0.4) is 0 Å². The maximum Gasteiger partial charge on any atom is 0.231 e. The summed E-state index contributed by atoms with van der Waals surface area (Å²) >= 11 is 5.96. The van der Waals surface area contributed by atoms with E-state index in [1.807, 2.05) is 24.3 Å². The van der Waals surface area contributed by atoms with Crippen LogP contribution in [0.5, 0.6) is 0 Å². The molecule has 1 aliphatic heterocycles. The molecule has 0 radical (unpaired) electrons. The summed E-state index contributed by atoms with van der Waals surface area (Å²) in [5.74, 6) is 2.15. The summed E-state index contributed by atoms with van der Waals surface area (Å²) in [6, 6.07) is 7.48. The van der Waals surface area contributed by atoms with E-state index in [0.29, 0.717) is 28.6 Å². The highest BCUT2D eigenvalue weighted by atomic mass is 35.5. The number of rotatable bonds is 2. The van der Waals surface area contributed by atoms with Crippen LogP contribution in [0, 0.1) is 5.92 Å². The van der Waals surface area contributed by atoms with Gasteiger partial charge in [0.15, 0.2) is 0 Å². The zero-order valence-corrected chi connectivity index (χ0v) is 10.8. The lowest BCUT2D eigenvalue weighted by atomic mass is 9.98. The largest absolute Gasteiger partial charge is 0.339 e. The third-order valence-corrected chi connectivity index (χ3v) is 3.59. The Balaban J connectivity index is 1.89. The molecule has 1 N–H and O–H groups in total. The average molecular weight is 264 g/mol. The number of halogens is 1. The molecule has 1 aromatic heterocycles. The van der Waals surface area contributed by atoms with Crippen LogP contribution < -0.4 is 5.32 Å². The van der Waals surface area contributed by atoms with Gasteiger partial charge in [0, 0.05) is 17.1 Å². The lowest BCUT2D eigenvalue weighted by molar-refractivity contribution is 0.340. The predicted molar refractivity (Wildman–Crippen MR) is 69.5 cm³/mol. The highest BCUT2D eigenvalue weighted by molar-refractivity contribution is 6.30. The Morgan fingerprint density at radius 3 is 3.00 bits per heavy atom. The van der Waals surface area contributed by atoms with Crippen molar-refractivity contribution in [3.63, 3.8) is 0 Å². The van der Waals surface area contributed by atoms with E-state index in [0.717, 1.165) is 18.7 Å². The van der Waals surface area contributed by atoms with Gasteiger partial charge in [0.2, 0.25) is 11.7 Å². The summed E-state index contributed by atoms with van der Waals surface area (Å²) in [7, 11) is 0. The van der Waals surface area contributed by atoms with Crippen LogP contribution in [0.2, 0.25) is 5.02 Å². The number of hydrogen-bond donors (Lipinski definition) is 1. The second-order valence-corrected chi connectivity index (χ2v) is 5.15. The van der Waals surface area contributed by atoms with Crippen molar-refractivity contribution in [2.24, 2.45) is 5.92 Å². The molecule has 2 atom stereocenters. The lowest BCUT2D eigenvalue weighted by Gasteiger charge is -2.07. The molecule has 1 saturated heterocycles. The average Bonchev–Trinajstić information content (AvgIpc) is 2.97. The smallest absolute Gasteiger partial charge is 0.231 e. The van der Waals surface area contributed by atoms with Gasteiger partial charge in [-0.1, -0.05) is 35.8 Å². The Morgan fingerprint density at radius 1 is 1.39 bits per heavy atom. The third-order valence-electron chi connectivity index (χ3n) is 3.36. The summed E-state index contributed by atoms with van der Waals surface area (Å²) in [4.78, 5) is 4.48. The van der Waals surface area contributed by atoms with Crippen LogP contribution in [-0.2, 0) is 0 Å². The Labute approximate surface area is 110 Å². The van der Waals surface area contributed by atoms with Gasteiger partial charge in [-0.15, -0.1) is 0 Å². The Kier molecular flexibility index (Phi) is 3.06. The molecule has 1 fully saturated rings. The van der Waals surface area contributed by atoms with Gasteiger partial charge in [-0.25, -0.2) is 0 Å². The second-order valence-electron chi connectivity index (χ2n) is 4.71. The first kappa shape index (κ1) is 11.7. The molecule has 2 aromatic rings. The first-order valence-corrected chi connectivity index (χ1v) is 6.42. The minimum atomic E-state index is 0.311. The minimum Gasteiger partial charge on any atom is -0.339 e. The van der Waals surface area contributed by atoms with Gasteiger partial charge in [0.1, 0.15) is 0 Å². The van der Waals surface area contributed by atoms with Gasteiger partial charge in [0.25, 0.3) is 0 Å². The molecule has 1 aliphatic rings. The molecule has 0 amide bonds. The number of nitrogens with zero attached hydrogens (tertiary/aromatic N) is 2. The van der Waals surface area contributed by atoms with E-state index < -0.39 is 0 Å². The molecule has 0 spiro atoms. The van der Waals surface area contributed by atoms with Crippen LogP contribution in [0.1, 0.15) is 18.7 Å². The number of hydrogen-bond acceptors (Lipinski definition) is 4. The topological polar surface area (TPSA) is 51.0 Å². The van der Waals surface area contributed by atoms with Crippen LogP contribution in [-0.4, -0.2) is 23.2 Å². The maximum atomic E-state index is 5.96. The van der Waals surface area contributed by atoms with Gasteiger partial charge in [-0.05, 0) is 24.6 Å². The third kappa shape index (κ3) is 2.13. The van der Waals surface area contributed by atoms with Crippen molar-refractivity contribution in [2.75, 3.05) is 13.1 Å². The molecule has 1 aromatic carbocycles. The van der Waals surface area contributed by atoms with Crippen LogP contribution in [0.15, 0.2) is 28.8 Å². The van der Waals surface area contributed by atoms with Crippen LogP contribution in [0.25, 0.3) is 11.4 Å². The molecule has 0 aliphatic carbocycles. The lowest BCUT2D eigenvalue weighted by Crippen LogP contribution is -2.08.